The molecule has 0 aliphatic carbocycles. The number of carbonyl (C=O) groups excluding carboxylic acids is 1. The standard InChI is InChI=1S/C20H32N4O3/c1-22-13-16(12-21-22)19(26)24-9-6-20(17(14-24)15-25)4-7-23(8-5-20)18-2-10-27-11-3-18/h12-13,17-18,25H,2-11,14-15H2,1H3. The Morgan fingerprint density at radius 3 is 2.59 bits per heavy atom. The van der Waals surface area contributed by atoms with Crippen LogP contribution in [0.5, 0.6) is 0 Å². The van der Waals surface area contributed by atoms with E-state index in [0.29, 0.717) is 18.2 Å². The van der Waals surface area contributed by atoms with Crippen molar-refractivity contribution >= 4 is 5.91 Å². The second kappa shape index (κ2) is 7.89. The van der Waals surface area contributed by atoms with Crippen molar-refractivity contribution in [2.75, 3.05) is 46.0 Å². The van der Waals surface area contributed by atoms with Crippen molar-refractivity contribution in [2.24, 2.45) is 18.4 Å². The summed E-state index contributed by atoms with van der Waals surface area (Å²) in [6, 6.07) is 0.663. The molecular weight excluding hydrogens is 344 g/mol. The Labute approximate surface area is 161 Å². The van der Waals surface area contributed by atoms with Crippen LogP contribution in [0.25, 0.3) is 0 Å². The number of aromatic nitrogens is 2. The average molecular weight is 377 g/mol. The maximum Gasteiger partial charge on any atom is 0.257 e. The Morgan fingerprint density at radius 1 is 1.26 bits per heavy atom. The van der Waals surface area contributed by atoms with Crippen LogP contribution in [0, 0.1) is 11.3 Å². The fourth-order valence-electron chi connectivity index (χ4n) is 5.31. The Kier molecular flexibility index (Phi) is 5.53. The molecule has 4 rings (SSSR count). The van der Waals surface area contributed by atoms with Gasteiger partial charge in [0.2, 0.25) is 0 Å². The molecular formula is C20H32N4O3. The molecule has 0 saturated carbocycles. The highest BCUT2D eigenvalue weighted by molar-refractivity contribution is 5.93. The SMILES string of the molecule is Cn1cc(C(=O)N2CCC3(CCN(C4CCOCC4)CC3)C(CO)C2)cn1. The Hall–Kier alpha value is -1.44. The van der Waals surface area contributed by atoms with Crippen LogP contribution in [0.1, 0.15) is 42.5 Å². The van der Waals surface area contributed by atoms with Gasteiger partial charge in [0, 0.05) is 58.1 Å². The van der Waals surface area contributed by atoms with Gasteiger partial charge in [0.25, 0.3) is 5.91 Å². The molecule has 3 aliphatic heterocycles. The molecule has 0 radical (unpaired) electrons. The van der Waals surface area contributed by atoms with Crippen molar-refractivity contribution in [1.82, 2.24) is 19.6 Å². The van der Waals surface area contributed by atoms with Crippen LogP contribution >= 0.6 is 0 Å². The number of likely N-dealkylation sites (tertiary alicyclic amines) is 2. The van der Waals surface area contributed by atoms with Crippen LogP contribution in [0.2, 0.25) is 0 Å². The van der Waals surface area contributed by atoms with E-state index in [9.17, 15) is 9.90 Å². The highest BCUT2D eigenvalue weighted by atomic mass is 16.5. The van der Waals surface area contributed by atoms with Crippen LogP contribution in [0.4, 0.5) is 0 Å². The zero-order valence-corrected chi connectivity index (χ0v) is 16.3. The van der Waals surface area contributed by atoms with E-state index in [2.05, 4.69) is 10.00 Å². The van der Waals surface area contributed by atoms with Gasteiger partial charge in [0.05, 0.1) is 11.8 Å². The molecule has 1 atom stereocenters. The molecule has 1 aromatic heterocycles. The number of piperidine rings is 2. The summed E-state index contributed by atoms with van der Waals surface area (Å²) in [4.78, 5) is 17.3. The summed E-state index contributed by atoms with van der Waals surface area (Å²) in [5, 5.41) is 14.2. The van der Waals surface area contributed by atoms with Crippen LogP contribution in [0.3, 0.4) is 0 Å². The monoisotopic (exact) mass is 376 g/mol. The molecule has 0 aromatic carbocycles. The normalized spacial score (nSPS) is 27.2. The quantitative estimate of drug-likeness (QED) is 0.857. The summed E-state index contributed by atoms with van der Waals surface area (Å²) >= 11 is 0. The summed E-state index contributed by atoms with van der Waals surface area (Å²) < 4.78 is 7.16. The van der Waals surface area contributed by atoms with Crippen molar-refractivity contribution in [3.8, 4) is 0 Å². The minimum Gasteiger partial charge on any atom is -0.396 e. The van der Waals surface area contributed by atoms with Gasteiger partial charge >= 0.3 is 0 Å². The first kappa shape index (κ1) is 18.9. The van der Waals surface area contributed by atoms with Crippen LogP contribution in [-0.4, -0.2) is 82.6 Å². The number of aryl methyl sites for hydroxylation is 1. The lowest BCUT2D eigenvalue weighted by Gasteiger charge is -2.52. The highest BCUT2D eigenvalue weighted by Gasteiger charge is 2.46. The highest BCUT2D eigenvalue weighted by Crippen LogP contribution is 2.46. The maximum atomic E-state index is 12.8. The van der Waals surface area contributed by atoms with E-state index < -0.39 is 0 Å². The van der Waals surface area contributed by atoms with Crippen molar-refractivity contribution in [2.45, 2.75) is 38.1 Å². The first-order chi connectivity index (χ1) is 13.1. The van der Waals surface area contributed by atoms with E-state index in [1.807, 2.05) is 11.9 Å². The minimum atomic E-state index is 0.0380. The predicted octanol–water partition coefficient (Wildman–Crippen LogP) is 1.14. The number of hydrogen-bond donors (Lipinski definition) is 1. The summed E-state index contributed by atoms with van der Waals surface area (Å²) in [6.45, 7) is 5.58. The van der Waals surface area contributed by atoms with Gasteiger partial charge in [0.1, 0.15) is 0 Å². The van der Waals surface area contributed by atoms with Gasteiger partial charge in [-0.25, -0.2) is 0 Å². The first-order valence-corrected chi connectivity index (χ1v) is 10.3. The Morgan fingerprint density at radius 2 is 1.96 bits per heavy atom. The zero-order chi connectivity index (χ0) is 18.9. The van der Waals surface area contributed by atoms with Crippen molar-refractivity contribution in [1.29, 1.82) is 0 Å². The second-order valence-corrected chi connectivity index (χ2v) is 8.53. The maximum absolute atomic E-state index is 12.8. The molecule has 0 bridgehead atoms. The minimum absolute atomic E-state index is 0.0380. The summed E-state index contributed by atoms with van der Waals surface area (Å²) in [5.74, 6) is 0.208. The van der Waals surface area contributed by atoms with Crippen LogP contribution in [-0.2, 0) is 11.8 Å². The molecule has 1 amide bonds. The third-order valence-corrected chi connectivity index (χ3v) is 7.15. The fraction of sp³-hybridized carbons (Fsp3) is 0.800. The van der Waals surface area contributed by atoms with Crippen LogP contribution in [0.15, 0.2) is 12.4 Å². The van der Waals surface area contributed by atoms with E-state index in [4.69, 9.17) is 4.74 Å². The molecule has 1 spiro atoms. The lowest BCUT2D eigenvalue weighted by Crippen LogP contribution is -2.56. The third-order valence-electron chi connectivity index (χ3n) is 7.15. The van der Waals surface area contributed by atoms with Crippen molar-refractivity contribution in [3.05, 3.63) is 18.0 Å². The van der Waals surface area contributed by atoms with Gasteiger partial charge in [-0.05, 0) is 50.6 Å². The number of aliphatic hydroxyl groups is 1. The molecule has 150 valence electrons. The smallest absolute Gasteiger partial charge is 0.257 e. The fourth-order valence-corrected chi connectivity index (χ4v) is 5.31. The van der Waals surface area contributed by atoms with E-state index in [1.165, 1.54) is 0 Å². The Bertz CT molecular complexity index is 647. The number of amides is 1. The topological polar surface area (TPSA) is 70.8 Å². The van der Waals surface area contributed by atoms with Crippen molar-refractivity contribution < 1.29 is 14.6 Å². The number of rotatable bonds is 3. The average Bonchev–Trinajstić information content (AvgIpc) is 3.15. The summed E-state index contributed by atoms with van der Waals surface area (Å²) in [7, 11) is 1.82. The number of ether oxygens (including phenoxy) is 1. The van der Waals surface area contributed by atoms with E-state index in [1.54, 1.807) is 17.1 Å². The Balaban J connectivity index is 1.38. The van der Waals surface area contributed by atoms with Crippen molar-refractivity contribution in [3.63, 3.8) is 0 Å². The third kappa shape index (κ3) is 3.77. The number of nitrogens with zero attached hydrogens (tertiary/aromatic N) is 4. The largest absolute Gasteiger partial charge is 0.396 e. The zero-order valence-electron chi connectivity index (χ0n) is 16.3. The van der Waals surface area contributed by atoms with Gasteiger partial charge in [-0.15, -0.1) is 0 Å². The predicted molar refractivity (Wildman–Crippen MR) is 101 cm³/mol. The first-order valence-electron chi connectivity index (χ1n) is 10.3. The summed E-state index contributed by atoms with van der Waals surface area (Å²) in [6.07, 6.45) is 8.94. The molecule has 3 saturated heterocycles. The molecule has 7 heteroatoms. The van der Waals surface area contributed by atoms with Gasteiger partial charge in [-0.1, -0.05) is 0 Å². The second-order valence-electron chi connectivity index (χ2n) is 8.53. The van der Waals surface area contributed by atoms with Gasteiger partial charge in [0.15, 0.2) is 0 Å². The molecule has 1 unspecified atom stereocenters. The summed E-state index contributed by atoms with van der Waals surface area (Å²) in [5.41, 5.74) is 0.821. The van der Waals surface area contributed by atoms with E-state index in [0.717, 1.165) is 65.0 Å². The van der Waals surface area contributed by atoms with Gasteiger partial charge in [-0.2, -0.15) is 5.10 Å². The number of carbonyl (C=O) groups is 1. The van der Waals surface area contributed by atoms with E-state index in [-0.39, 0.29) is 23.8 Å². The lowest BCUT2D eigenvalue weighted by atomic mass is 9.64. The molecule has 7 nitrogen and oxygen atoms in total. The molecule has 1 N–H and O–H groups in total. The lowest BCUT2D eigenvalue weighted by molar-refractivity contribution is -0.0531. The number of hydrogen-bond acceptors (Lipinski definition) is 5. The van der Waals surface area contributed by atoms with Gasteiger partial charge in [-0.3, -0.25) is 9.48 Å². The molecule has 4 heterocycles. The van der Waals surface area contributed by atoms with Gasteiger partial charge < -0.3 is 19.6 Å². The van der Waals surface area contributed by atoms with E-state index >= 15 is 0 Å². The molecule has 1 aromatic rings. The molecule has 27 heavy (non-hydrogen) atoms. The molecule has 3 aliphatic rings. The number of aliphatic hydroxyl groups excluding tert-OH is 1. The van der Waals surface area contributed by atoms with Crippen LogP contribution < -0.4 is 0 Å². The molecule has 3 fully saturated rings.